The summed E-state index contributed by atoms with van der Waals surface area (Å²) >= 11 is 0. The van der Waals surface area contributed by atoms with Crippen molar-refractivity contribution in [1.82, 2.24) is 67.0 Å². The van der Waals surface area contributed by atoms with Crippen LogP contribution in [0.15, 0.2) is 48.5 Å². The average molecular weight is 1790 g/mol. The number of nitrogens with one attached hydrogen (secondary N) is 10. The number of amides is 12. The van der Waals surface area contributed by atoms with Gasteiger partial charge < -0.3 is 92.9 Å². The zero-order valence-electron chi connectivity index (χ0n) is 80.9. The predicted octanol–water partition coefficient (Wildman–Crippen LogP) is 8.62. The fraction of sp³-hybridized carbons (Fsp3) is 0.729. The Bertz CT molecular complexity index is 3890. The average Bonchev–Trinajstić information content (AvgIpc) is 1.35. The number of nitrogens with zero attached hydrogens (tertiary/aromatic N) is 5. The van der Waals surface area contributed by atoms with Gasteiger partial charge in [-0.05, 0) is 197 Å². The lowest BCUT2D eigenvalue weighted by molar-refractivity contribution is -0.147. The minimum Gasteiger partial charge on any atom is -0.379 e. The lowest BCUT2D eigenvalue weighted by atomic mass is 9.88. The van der Waals surface area contributed by atoms with Crippen molar-refractivity contribution in [2.45, 2.75) is 312 Å². The third-order valence-corrected chi connectivity index (χ3v) is 26.4. The molecule has 2 aromatic rings. The standard InChI is InChI=1S/C96H160N16O16/c1-22-62(11)89(109(19)95(125)87(60(7)8)103-66(15)88(61(9)10)108(17)18)80(127-20)54-84(120)112-47-25-29-76(112)90(128-21)65(14)77(114)40-41-81(117)100-56-69-34-38-75(39-35-69)105-94(124)71(28-24-44-98-96(97)126)53-79(116)86(59(5)6)107-83(119)31-27-46-111-49-43-73(51-64(111)13)92(122)102-57-101-91(121)72-42-48-110(63(12)50-72)45-26-30-82(118)106-85(58(3)4)78(115)52-70(23-2)93(123)104-74-36-32-68(33-37-74)55-99-67(16)113/h32-39,58-66,70-73,76,80,85-90,103H,22-31,40-57H2,1-21H3,(H,99,113)(H,100,117)(H,101,121)(H,102,122)(H,104,123)(H,105,124)(H,106,118)(H,107,119)(H3,97,98,126)/t62-,63?,64?,65-,66?,70+,71+,72?,73?,76-,80+,85-,86-,87-,88-,89-,90+/m0/s1. The van der Waals surface area contributed by atoms with Crippen LogP contribution in [0.25, 0.3) is 0 Å². The number of hydrogen-bond acceptors (Lipinski definition) is 20. The molecular weight excluding hydrogens is 1630 g/mol. The van der Waals surface area contributed by atoms with Gasteiger partial charge >= 0.3 is 6.03 Å². The van der Waals surface area contributed by atoms with E-state index in [1.165, 1.54) is 14.0 Å². The number of methoxy groups -OCH3 is 2. The Morgan fingerprint density at radius 1 is 0.523 bits per heavy atom. The van der Waals surface area contributed by atoms with Gasteiger partial charge in [-0.3, -0.25) is 62.3 Å². The summed E-state index contributed by atoms with van der Waals surface area (Å²) in [6, 6.07) is 10.6. The van der Waals surface area contributed by atoms with Crippen LogP contribution in [0.4, 0.5) is 16.2 Å². The Morgan fingerprint density at radius 2 is 1.02 bits per heavy atom. The topological polar surface area (TPSA) is 420 Å². The summed E-state index contributed by atoms with van der Waals surface area (Å²) in [4.78, 5) is 198. The molecule has 3 saturated heterocycles. The van der Waals surface area contributed by atoms with Crippen molar-refractivity contribution in [1.29, 1.82) is 0 Å². The molecule has 32 nitrogen and oxygen atoms in total. The molecule has 128 heavy (non-hydrogen) atoms. The van der Waals surface area contributed by atoms with Crippen LogP contribution in [0.1, 0.15) is 244 Å². The lowest BCUT2D eigenvalue weighted by Gasteiger charge is -2.42. The van der Waals surface area contributed by atoms with Crippen LogP contribution in [-0.4, -0.2) is 255 Å². The van der Waals surface area contributed by atoms with Gasteiger partial charge in [-0.25, -0.2) is 4.79 Å². The van der Waals surface area contributed by atoms with Gasteiger partial charge in [0.25, 0.3) is 0 Å². The molecule has 720 valence electrons. The molecule has 17 atom stereocenters. The van der Waals surface area contributed by atoms with Crippen LogP contribution in [0.5, 0.6) is 0 Å². The third kappa shape index (κ3) is 35.5. The SMILES string of the molecule is CC[C@H](CC(=O)[C@@H](NC(=O)CCCN1CCC(C(=O)NCNC(=O)C2CCN(CCCC(=O)N[C@H](C(=O)C[C@@H](CCCNC(N)=O)C(=O)Nc3ccc(CNC(=O)CCC(=O)[C@H](C)[C@@H](OC)[C@@H]4CCCN4C(=O)C[C@@H](OC)[C@H]([C@@H](C)CC)N(C)C(=O)[C@@H](NC(C)[C@H](C(C)C)N(C)C)C(C)C)cc3)C(C)C)C(C)C2)CC1C)C(C)C)C(=O)Nc1ccc(CNC(C)=O)cc1. The largest absolute Gasteiger partial charge is 0.379 e. The predicted molar refractivity (Wildman–Crippen MR) is 497 cm³/mol. The summed E-state index contributed by atoms with van der Waals surface area (Å²) in [7, 11) is 9.05. The molecule has 12 N–H and O–H groups in total. The maximum atomic E-state index is 14.6. The number of primary amides is 1. The van der Waals surface area contributed by atoms with Gasteiger partial charge in [0.1, 0.15) is 5.78 Å². The van der Waals surface area contributed by atoms with E-state index in [9.17, 15) is 67.1 Å². The molecule has 2 aromatic carbocycles. The zero-order valence-corrected chi connectivity index (χ0v) is 80.9. The molecule has 5 rings (SSSR count). The third-order valence-electron chi connectivity index (χ3n) is 26.4. The summed E-state index contributed by atoms with van der Waals surface area (Å²) in [5, 5.41) is 29.4. The molecule has 3 aliphatic rings. The van der Waals surface area contributed by atoms with E-state index in [4.69, 9.17) is 15.2 Å². The van der Waals surface area contributed by atoms with Crippen molar-refractivity contribution >= 4 is 93.8 Å². The van der Waals surface area contributed by atoms with E-state index in [0.29, 0.717) is 126 Å². The van der Waals surface area contributed by atoms with E-state index < -0.39 is 72.1 Å². The van der Waals surface area contributed by atoms with Crippen molar-refractivity contribution in [2.75, 3.05) is 91.9 Å². The molecule has 32 heteroatoms. The first-order chi connectivity index (χ1) is 60.5. The fourth-order valence-electron chi connectivity index (χ4n) is 18.7. The monoisotopic (exact) mass is 1790 g/mol. The first-order valence-electron chi connectivity index (χ1n) is 47.1. The molecule has 0 bridgehead atoms. The molecule has 3 aliphatic heterocycles. The summed E-state index contributed by atoms with van der Waals surface area (Å²) in [5.74, 6) is -5.75. The van der Waals surface area contributed by atoms with Crippen molar-refractivity contribution in [3.63, 3.8) is 0 Å². The van der Waals surface area contributed by atoms with Gasteiger partial charge in [0.2, 0.25) is 59.1 Å². The molecule has 5 unspecified atom stereocenters. The van der Waals surface area contributed by atoms with Gasteiger partial charge in [-0.2, -0.15) is 0 Å². The van der Waals surface area contributed by atoms with Crippen molar-refractivity contribution in [3.8, 4) is 0 Å². The second kappa shape index (κ2) is 55.4. The zero-order chi connectivity index (χ0) is 95.3. The quantitative estimate of drug-likeness (QED) is 0.0218. The smallest absolute Gasteiger partial charge is 0.312 e. The second-order valence-electron chi connectivity index (χ2n) is 37.8. The molecule has 0 spiro atoms. The molecule has 3 heterocycles. The minimum absolute atomic E-state index is 0.000857. The number of rotatable bonds is 56. The number of carbonyl (C=O) groups excluding carboxylic acids is 14. The lowest BCUT2D eigenvalue weighted by Crippen LogP contribution is -2.60. The maximum absolute atomic E-state index is 14.6. The highest BCUT2D eigenvalue weighted by Gasteiger charge is 2.44. The minimum atomic E-state index is -0.891. The van der Waals surface area contributed by atoms with Gasteiger partial charge in [0, 0.05) is 158 Å². The van der Waals surface area contributed by atoms with Crippen LogP contribution in [-0.2, 0) is 84.9 Å². The van der Waals surface area contributed by atoms with E-state index >= 15 is 0 Å². The van der Waals surface area contributed by atoms with E-state index in [0.717, 1.165) is 12.0 Å². The first kappa shape index (κ1) is 110. The number of piperidine rings is 2. The normalized spacial score (nSPS) is 19.7. The number of carbonyl (C=O) groups is 14. The Morgan fingerprint density at radius 3 is 1.45 bits per heavy atom. The highest BCUT2D eigenvalue weighted by molar-refractivity contribution is 5.99. The van der Waals surface area contributed by atoms with Crippen LogP contribution in [0.2, 0.25) is 0 Å². The van der Waals surface area contributed by atoms with E-state index in [1.807, 2.05) is 74.6 Å². The maximum Gasteiger partial charge on any atom is 0.312 e. The fourth-order valence-corrected chi connectivity index (χ4v) is 18.7. The van der Waals surface area contributed by atoms with E-state index in [-0.39, 0.29) is 201 Å². The van der Waals surface area contributed by atoms with Crippen LogP contribution in [0.3, 0.4) is 0 Å². The van der Waals surface area contributed by atoms with Crippen molar-refractivity contribution in [2.24, 2.45) is 64.9 Å². The Hall–Kier alpha value is -8.82. The number of ketones is 3. The molecule has 0 saturated carbocycles. The molecule has 0 aliphatic carbocycles. The molecular formula is C96H160N16O16. The molecule has 3 fully saturated rings. The Kier molecular flexibility index (Phi) is 47.5. The van der Waals surface area contributed by atoms with Gasteiger partial charge in [0.15, 0.2) is 11.6 Å². The summed E-state index contributed by atoms with van der Waals surface area (Å²) in [6.07, 6.45) is 5.25. The van der Waals surface area contributed by atoms with Crippen LogP contribution >= 0.6 is 0 Å². The molecule has 0 radical (unpaired) electrons. The van der Waals surface area contributed by atoms with Gasteiger partial charge in [0.05, 0.1) is 55.5 Å². The summed E-state index contributed by atoms with van der Waals surface area (Å²) in [5.41, 5.74) is 7.94. The summed E-state index contributed by atoms with van der Waals surface area (Å²) in [6.45, 7) is 34.9. The highest BCUT2D eigenvalue weighted by atomic mass is 16.5. The van der Waals surface area contributed by atoms with Crippen LogP contribution in [0, 0.1) is 59.2 Å². The number of Topliss-reactive ketones (excluding diaryl/α,β-unsaturated/α-hetero) is 3. The second-order valence-corrected chi connectivity index (χ2v) is 37.8. The van der Waals surface area contributed by atoms with Gasteiger partial charge in [-0.15, -0.1) is 0 Å². The number of benzene rings is 2. The Labute approximate surface area is 762 Å². The van der Waals surface area contributed by atoms with E-state index in [1.54, 1.807) is 60.2 Å². The number of anilines is 2. The number of likely N-dealkylation sites (tertiary alicyclic amines) is 3. The van der Waals surface area contributed by atoms with Gasteiger partial charge in [-0.1, -0.05) is 114 Å². The number of hydrogen-bond donors (Lipinski definition) is 11. The molecule has 12 amide bonds. The molecule has 0 aromatic heterocycles. The Balaban J connectivity index is 1.01. The first-order valence-corrected chi connectivity index (χ1v) is 47.1. The number of likely N-dealkylation sites (N-methyl/N-ethyl adjacent to an activating group) is 2. The number of nitrogens with two attached hydrogens (primary N) is 1. The highest BCUT2D eigenvalue weighted by Crippen LogP contribution is 2.33. The van der Waals surface area contributed by atoms with Crippen LogP contribution < -0.4 is 58.9 Å². The number of ether oxygens (including phenoxy) is 2. The van der Waals surface area contributed by atoms with Crippen molar-refractivity contribution in [3.05, 3.63) is 59.7 Å². The van der Waals surface area contributed by atoms with E-state index in [2.05, 4.69) is 124 Å². The number of urea groups is 1. The summed E-state index contributed by atoms with van der Waals surface area (Å²) < 4.78 is 12.2. The van der Waals surface area contributed by atoms with Crippen molar-refractivity contribution < 1.29 is 76.6 Å².